The average Bonchev–Trinajstić information content (AvgIpc) is 2.60. The Hall–Kier alpha value is -1.63. The first-order valence-electron chi connectivity index (χ1n) is 5.46. The number of anilines is 1. The molecule has 18 heavy (non-hydrogen) atoms. The van der Waals surface area contributed by atoms with Gasteiger partial charge in [0.05, 0.1) is 6.54 Å². The van der Waals surface area contributed by atoms with Crippen molar-refractivity contribution in [1.82, 2.24) is 15.2 Å². The van der Waals surface area contributed by atoms with E-state index in [9.17, 15) is 9.59 Å². The molecule has 7 heteroatoms. The summed E-state index contributed by atoms with van der Waals surface area (Å²) in [4.78, 5) is 28.8. The van der Waals surface area contributed by atoms with Gasteiger partial charge in [-0.1, -0.05) is 0 Å². The van der Waals surface area contributed by atoms with Crippen molar-refractivity contribution in [3.63, 3.8) is 0 Å². The Kier molecular flexibility index (Phi) is 4.28. The standard InChI is InChI=1S/C11H18N4O2S/c1-11(2,3)14-8(16)5-15(4)9(17)7-6-18-10(12)13-7/h6H,5H2,1-4H3,(H2,12,13)(H,14,16). The molecule has 0 atom stereocenters. The maximum absolute atomic E-state index is 11.9. The van der Waals surface area contributed by atoms with Gasteiger partial charge in [-0.25, -0.2) is 4.98 Å². The van der Waals surface area contributed by atoms with Crippen molar-refractivity contribution < 1.29 is 9.59 Å². The first-order chi connectivity index (χ1) is 8.19. The van der Waals surface area contributed by atoms with Gasteiger partial charge in [0, 0.05) is 18.0 Å². The monoisotopic (exact) mass is 270 g/mol. The summed E-state index contributed by atoms with van der Waals surface area (Å²) in [5.74, 6) is -0.520. The summed E-state index contributed by atoms with van der Waals surface area (Å²) in [5.41, 5.74) is 5.41. The molecule has 2 amide bonds. The molecule has 0 saturated carbocycles. The molecule has 1 heterocycles. The Morgan fingerprint density at radius 1 is 1.50 bits per heavy atom. The van der Waals surface area contributed by atoms with E-state index in [-0.39, 0.29) is 29.6 Å². The van der Waals surface area contributed by atoms with Crippen LogP contribution in [0.1, 0.15) is 31.3 Å². The highest BCUT2D eigenvalue weighted by atomic mass is 32.1. The number of carbonyl (C=O) groups is 2. The number of nitrogens with one attached hydrogen (secondary N) is 1. The molecule has 0 aliphatic rings. The number of hydrogen-bond donors (Lipinski definition) is 2. The number of rotatable bonds is 3. The fraction of sp³-hybridized carbons (Fsp3) is 0.545. The number of thiazole rings is 1. The molecule has 0 unspecified atom stereocenters. The number of hydrogen-bond acceptors (Lipinski definition) is 5. The number of amides is 2. The predicted octanol–water partition coefficient (Wildman–Crippen LogP) is 0.712. The Labute approximate surface area is 110 Å². The molecule has 6 nitrogen and oxygen atoms in total. The van der Waals surface area contributed by atoms with Crippen LogP contribution in [0.25, 0.3) is 0 Å². The third-order valence-electron chi connectivity index (χ3n) is 1.98. The van der Waals surface area contributed by atoms with Crippen LogP contribution in [0, 0.1) is 0 Å². The molecule has 0 saturated heterocycles. The highest BCUT2D eigenvalue weighted by Crippen LogP contribution is 2.12. The number of carbonyl (C=O) groups excluding carboxylic acids is 2. The third kappa shape index (κ3) is 4.33. The number of aromatic nitrogens is 1. The van der Waals surface area contributed by atoms with Crippen molar-refractivity contribution in [2.75, 3.05) is 19.3 Å². The number of likely N-dealkylation sites (N-methyl/N-ethyl adjacent to an activating group) is 1. The van der Waals surface area contributed by atoms with Crippen molar-refractivity contribution in [3.8, 4) is 0 Å². The van der Waals surface area contributed by atoms with E-state index < -0.39 is 0 Å². The minimum absolute atomic E-state index is 0.00641. The van der Waals surface area contributed by atoms with Gasteiger partial charge in [0.15, 0.2) is 5.13 Å². The lowest BCUT2D eigenvalue weighted by Gasteiger charge is -2.23. The van der Waals surface area contributed by atoms with Crippen LogP contribution in [0.3, 0.4) is 0 Å². The number of nitrogens with two attached hydrogens (primary N) is 1. The molecule has 0 radical (unpaired) electrons. The Balaban J connectivity index is 2.58. The lowest BCUT2D eigenvalue weighted by atomic mass is 10.1. The summed E-state index contributed by atoms with van der Waals surface area (Å²) in [7, 11) is 1.56. The molecule has 1 aromatic rings. The topological polar surface area (TPSA) is 88.3 Å². The zero-order valence-corrected chi connectivity index (χ0v) is 11.8. The number of nitrogen functional groups attached to an aromatic ring is 1. The zero-order chi connectivity index (χ0) is 13.9. The van der Waals surface area contributed by atoms with Gasteiger partial charge in [-0.15, -0.1) is 11.3 Å². The smallest absolute Gasteiger partial charge is 0.273 e. The van der Waals surface area contributed by atoms with Crippen LogP contribution >= 0.6 is 11.3 Å². The lowest BCUT2D eigenvalue weighted by Crippen LogP contribution is -2.46. The summed E-state index contributed by atoms with van der Waals surface area (Å²) in [6, 6.07) is 0. The van der Waals surface area contributed by atoms with E-state index in [0.717, 1.165) is 0 Å². The van der Waals surface area contributed by atoms with Crippen molar-refractivity contribution >= 4 is 28.3 Å². The van der Waals surface area contributed by atoms with Crippen LogP contribution in [-0.2, 0) is 4.79 Å². The van der Waals surface area contributed by atoms with Crippen LogP contribution in [0.15, 0.2) is 5.38 Å². The third-order valence-corrected chi connectivity index (χ3v) is 2.66. The van der Waals surface area contributed by atoms with E-state index in [1.807, 2.05) is 20.8 Å². The van der Waals surface area contributed by atoms with Crippen LogP contribution in [0.5, 0.6) is 0 Å². The molecule has 1 aromatic heterocycles. The predicted molar refractivity (Wildman–Crippen MR) is 71.4 cm³/mol. The van der Waals surface area contributed by atoms with Crippen LogP contribution in [0.4, 0.5) is 5.13 Å². The molecule has 1 rings (SSSR count). The Morgan fingerprint density at radius 3 is 2.56 bits per heavy atom. The highest BCUT2D eigenvalue weighted by Gasteiger charge is 2.20. The van der Waals surface area contributed by atoms with Crippen molar-refractivity contribution in [3.05, 3.63) is 11.1 Å². The highest BCUT2D eigenvalue weighted by molar-refractivity contribution is 7.13. The minimum Gasteiger partial charge on any atom is -0.375 e. The molecular formula is C11H18N4O2S. The average molecular weight is 270 g/mol. The van der Waals surface area contributed by atoms with Gasteiger partial charge in [-0.05, 0) is 20.8 Å². The molecule has 0 aromatic carbocycles. The fourth-order valence-electron chi connectivity index (χ4n) is 1.33. The van der Waals surface area contributed by atoms with Crippen LogP contribution in [0.2, 0.25) is 0 Å². The summed E-state index contributed by atoms with van der Waals surface area (Å²) in [5, 5.41) is 4.70. The van der Waals surface area contributed by atoms with Crippen molar-refractivity contribution in [2.24, 2.45) is 0 Å². The fourth-order valence-corrected chi connectivity index (χ4v) is 1.86. The quantitative estimate of drug-likeness (QED) is 0.846. The van der Waals surface area contributed by atoms with E-state index in [1.54, 1.807) is 12.4 Å². The lowest BCUT2D eigenvalue weighted by molar-refractivity contribution is -0.122. The number of nitrogens with zero attached hydrogens (tertiary/aromatic N) is 2. The molecule has 0 aliphatic heterocycles. The van der Waals surface area contributed by atoms with E-state index in [1.165, 1.54) is 16.2 Å². The largest absolute Gasteiger partial charge is 0.375 e. The van der Waals surface area contributed by atoms with Crippen LogP contribution < -0.4 is 11.1 Å². The molecular weight excluding hydrogens is 252 g/mol. The first kappa shape index (κ1) is 14.4. The van der Waals surface area contributed by atoms with Gasteiger partial charge >= 0.3 is 0 Å². The summed E-state index contributed by atoms with van der Waals surface area (Å²) in [6.07, 6.45) is 0. The Morgan fingerprint density at radius 2 is 2.11 bits per heavy atom. The maximum Gasteiger partial charge on any atom is 0.273 e. The maximum atomic E-state index is 11.9. The molecule has 0 bridgehead atoms. The van der Waals surface area contributed by atoms with Gasteiger partial charge in [-0.3, -0.25) is 9.59 Å². The minimum atomic E-state index is -0.313. The van der Waals surface area contributed by atoms with Gasteiger partial charge in [0.2, 0.25) is 5.91 Å². The first-order valence-corrected chi connectivity index (χ1v) is 6.34. The van der Waals surface area contributed by atoms with Crippen molar-refractivity contribution in [1.29, 1.82) is 0 Å². The van der Waals surface area contributed by atoms with Crippen molar-refractivity contribution in [2.45, 2.75) is 26.3 Å². The van der Waals surface area contributed by atoms with E-state index in [2.05, 4.69) is 10.3 Å². The molecule has 0 aliphatic carbocycles. The van der Waals surface area contributed by atoms with Gasteiger partial charge < -0.3 is 16.0 Å². The molecule has 0 fully saturated rings. The van der Waals surface area contributed by atoms with E-state index in [0.29, 0.717) is 5.13 Å². The normalized spacial score (nSPS) is 11.1. The molecule has 3 N–H and O–H groups in total. The summed E-state index contributed by atoms with van der Waals surface area (Å²) >= 11 is 1.20. The second-order valence-corrected chi connectivity index (χ2v) is 5.92. The van der Waals surface area contributed by atoms with E-state index >= 15 is 0 Å². The summed E-state index contributed by atoms with van der Waals surface area (Å²) < 4.78 is 0. The summed E-state index contributed by atoms with van der Waals surface area (Å²) in [6.45, 7) is 5.64. The van der Waals surface area contributed by atoms with Gasteiger partial charge in [0.1, 0.15) is 5.69 Å². The Bertz CT molecular complexity index is 450. The zero-order valence-electron chi connectivity index (χ0n) is 11.0. The second-order valence-electron chi connectivity index (χ2n) is 5.03. The van der Waals surface area contributed by atoms with Gasteiger partial charge in [0.25, 0.3) is 5.91 Å². The van der Waals surface area contributed by atoms with Gasteiger partial charge in [-0.2, -0.15) is 0 Å². The van der Waals surface area contributed by atoms with E-state index in [4.69, 9.17) is 5.73 Å². The molecule has 100 valence electrons. The van der Waals surface area contributed by atoms with Crippen LogP contribution in [-0.4, -0.2) is 40.8 Å². The second kappa shape index (κ2) is 5.34. The SMILES string of the molecule is CN(CC(=O)NC(C)(C)C)C(=O)c1csc(N)n1. The molecule has 0 spiro atoms.